The number of carbonyl (C=O) groups is 1. The van der Waals surface area contributed by atoms with Crippen molar-refractivity contribution in [3.8, 4) is 0 Å². The van der Waals surface area contributed by atoms with E-state index in [1.807, 2.05) is 0 Å². The van der Waals surface area contributed by atoms with E-state index in [-0.39, 0.29) is 11.7 Å². The Morgan fingerprint density at radius 1 is 1.42 bits per heavy atom. The zero-order chi connectivity index (χ0) is 13.7. The molecular weight excluding hydrogens is 245 g/mol. The Morgan fingerprint density at radius 2 is 2.16 bits per heavy atom. The van der Waals surface area contributed by atoms with E-state index in [0.29, 0.717) is 17.7 Å². The minimum Gasteiger partial charge on any atom is -0.326 e. The number of benzene rings is 1. The predicted molar refractivity (Wildman–Crippen MR) is 73.7 cm³/mol. The molecule has 2 N–H and O–H groups in total. The van der Waals surface area contributed by atoms with Gasteiger partial charge in [-0.15, -0.1) is 0 Å². The SMILES string of the molecule is Cc1cc(NC(=O)CCN2CCNCC2)ccc1F. The standard InChI is InChI=1S/C14H20FN3O/c1-11-10-12(2-3-13(11)15)17-14(19)4-7-18-8-5-16-6-9-18/h2-3,10,16H,4-9H2,1H3,(H,17,19). The molecule has 4 nitrogen and oxygen atoms in total. The topological polar surface area (TPSA) is 44.4 Å². The first-order valence-electron chi connectivity index (χ1n) is 6.64. The van der Waals surface area contributed by atoms with Gasteiger partial charge in [0.1, 0.15) is 5.82 Å². The van der Waals surface area contributed by atoms with Gasteiger partial charge in [0.15, 0.2) is 0 Å². The Balaban J connectivity index is 1.78. The van der Waals surface area contributed by atoms with Crippen molar-refractivity contribution in [2.45, 2.75) is 13.3 Å². The first-order chi connectivity index (χ1) is 9.15. The largest absolute Gasteiger partial charge is 0.326 e. The van der Waals surface area contributed by atoms with E-state index in [1.165, 1.54) is 6.07 Å². The van der Waals surface area contributed by atoms with E-state index in [0.717, 1.165) is 32.7 Å². The van der Waals surface area contributed by atoms with Gasteiger partial charge < -0.3 is 15.5 Å². The molecular formula is C14H20FN3O. The summed E-state index contributed by atoms with van der Waals surface area (Å²) in [4.78, 5) is 14.1. The van der Waals surface area contributed by atoms with Crippen LogP contribution in [0.4, 0.5) is 10.1 Å². The van der Waals surface area contributed by atoms with E-state index in [1.54, 1.807) is 19.1 Å². The van der Waals surface area contributed by atoms with Crippen LogP contribution in [0.2, 0.25) is 0 Å². The second kappa shape index (κ2) is 6.63. The van der Waals surface area contributed by atoms with Crippen molar-refractivity contribution >= 4 is 11.6 Å². The van der Waals surface area contributed by atoms with Gasteiger partial charge in [-0.2, -0.15) is 0 Å². The smallest absolute Gasteiger partial charge is 0.225 e. The third-order valence-corrected chi connectivity index (χ3v) is 3.31. The van der Waals surface area contributed by atoms with Crippen molar-refractivity contribution in [2.24, 2.45) is 0 Å². The van der Waals surface area contributed by atoms with Crippen LogP contribution in [-0.2, 0) is 4.79 Å². The number of hydrogen-bond donors (Lipinski definition) is 2. The van der Waals surface area contributed by atoms with Gasteiger partial charge in [-0.3, -0.25) is 4.79 Å². The lowest BCUT2D eigenvalue weighted by Crippen LogP contribution is -2.44. The summed E-state index contributed by atoms with van der Waals surface area (Å²) in [6.07, 6.45) is 0.469. The van der Waals surface area contributed by atoms with Crippen LogP contribution in [0.3, 0.4) is 0 Å². The molecule has 0 aliphatic carbocycles. The molecule has 0 saturated carbocycles. The highest BCUT2D eigenvalue weighted by molar-refractivity contribution is 5.90. The maximum atomic E-state index is 13.1. The number of anilines is 1. The number of carbonyl (C=O) groups excluding carboxylic acids is 1. The van der Waals surface area contributed by atoms with Gasteiger partial charge in [-0.1, -0.05) is 0 Å². The van der Waals surface area contributed by atoms with Crippen LogP contribution in [0.25, 0.3) is 0 Å². The summed E-state index contributed by atoms with van der Waals surface area (Å²) in [5.41, 5.74) is 1.20. The summed E-state index contributed by atoms with van der Waals surface area (Å²) in [6, 6.07) is 4.62. The molecule has 0 bridgehead atoms. The van der Waals surface area contributed by atoms with Crippen molar-refractivity contribution in [3.05, 3.63) is 29.6 Å². The zero-order valence-electron chi connectivity index (χ0n) is 11.2. The number of halogens is 1. The fourth-order valence-electron chi connectivity index (χ4n) is 2.14. The van der Waals surface area contributed by atoms with Gasteiger partial charge in [0.2, 0.25) is 5.91 Å². The Kier molecular flexibility index (Phi) is 4.87. The Hall–Kier alpha value is -1.46. The number of rotatable bonds is 4. The molecule has 5 heteroatoms. The van der Waals surface area contributed by atoms with E-state index in [4.69, 9.17) is 0 Å². The molecule has 104 valence electrons. The second-order valence-electron chi connectivity index (χ2n) is 4.85. The lowest BCUT2D eigenvalue weighted by molar-refractivity contribution is -0.116. The highest BCUT2D eigenvalue weighted by atomic mass is 19.1. The molecule has 0 atom stereocenters. The molecule has 1 saturated heterocycles. The summed E-state index contributed by atoms with van der Waals surface area (Å²) < 4.78 is 13.1. The Labute approximate surface area is 113 Å². The third kappa shape index (κ3) is 4.29. The van der Waals surface area contributed by atoms with Crippen LogP contribution in [0.5, 0.6) is 0 Å². The van der Waals surface area contributed by atoms with Gasteiger partial charge >= 0.3 is 0 Å². The van der Waals surface area contributed by atoms with E-state index >= 15 is 0 Å². The predicted octanol–water partition coefficient (Wildman–Crippen LogP) is 1.37. The van der Waals surface area contributed by atoms with Crippen molar-refractivity contribution in [1.29, 1.82) is 0 Å². The molecule has 1 fully saturated rings. The van der Waals surface area contributed by atoms with Crippen LogP contribution in [0.15, 0.2) is 18.2 Å². The van der Waals surface area contributed by atoms with Gasteiger partial charge in [0.25, 0.3) is 0 Å². The first-order valence-corrected chi connectivity index (χ1v) is 6.64. The summed E-state index contributed by atoms with van der Waals surface area (Å²) in [5.74, 6) is -0.275. The van der Waals surface area contributed by atoms with Crippen molar-refractivity contribution in [3.63, 3.8) is 0 Å². The van der Waals surface area contributed by atoms with Crippen LogP contribution in [0, 0.1) is 12.7 Å². The monoisotopic (exact) mass is 265 g/mol. The molecule has 19 heavy (non-hydrogen) atoms. The molecule has 0 unspecified atom stereocenters. The highest BCUT2D eigenvalue weighted by Gasteiger charge is 2.11. The maximum absolute atomic E-state index is 13.1. The molecule has 0 aromatic heterocycles. The van der Waals surface area contributed by atoms with E-state index in [9.17, 15) is 9.18 Å². The van der Waals surface area contributed by atoms with Crippen molar-refractivity contribution in [1.82, 2.24) is 10.2 Å². The summed E-state index contributed by atoms with van der Waals surface area (Å²) in [5, 5.41) is 6.08. The molecule has 0 radical (unpaired) electrons. The maximum Gasteiger partial charge on any atom is 0.225 e. The number of aryl methyl sites for hydroxylation is 1. The van der Waals surface area contributed by atoms with Gasteiger partial charge in [-0.25, -0.2) is 4.39 Å². The Bertz CT molecular complexity index is 444. The van der Waals surface area contributed by atoms with Gasteiger partial charge in [0, 0.05) is 44.8 Å². The average molecular weight is 265 g/mol. The first kappa shape index (κ1) is 14.0. The van der Waals surface area contributed by atoms with E-state index < -0.39 is 0 Å². The zero-order valence-corrected chi connectivity index (χ0v) is 11.2. The molecule has 1 aliphatic rings. The number of nitrogens with zero attached hydrogens (tertiary/aromatic N) is 1. The average Bonchev–Trinajstić information content (AvgIpc) is 2.42. The molecule has 1 aromatic rings. The molecule has 1 heterocycles. The lowest BCUT2D eigenvalue weighted by atomic mass is 10.2. The van der Waals surface area contributed by atoms with Crippen LogP contribution >= 0.6 is 0 Å². The fraction of sp³-hybridized carbons (Fsp3) is 0.500. The number of amides is 1. The molecule has 1 aliphatic heterocycles. The summed E-state index contributed by atoms with van der Waals surface area (Å²) in [7, 11) is 0. The number of nitrogens with one attached hydrogen (secondary N) is 2. The van der Waals surface area contributed by atoms with E-state index in [2.05, 4.69) is 15.5 Å². The molecule has 2 rings (SSSR count). The fourth-order valence-corrected chi connectivity index (χ4v) is 2.14. The highest BCUT2D eigenvalue weighted by Crippen LogP contribution is 2.13. The van der Waals surface area contributed by atoms with Crippen LogP contribution in [-0.4, -0.2) is 43.5 Å². The van der Waals surface area contributed by atoms with Crippen LogP contribution < -0.4 is 10.6 Å². The Morgan fingerprint density at radius 3 is 2.84 bits per heavy atom. The van der Waals surface area contributed by atoms with Crippen LogP contribution in [0.1, 0.15) is 12.0 Å². The van der Waals surface area contributed by atoms with Gasteiger partial charge in [-0.05, 0) is 30.7 Å². The molecule has 1 amide bonds. The minimum absolute atomic E-state index is 0.0236. The quantitative estimate of drug-likeness (QED) is 0.864. The van der Waals surface area contributed by atoms with Crippen molar-refractivity contribution < 1.29 is 9.18 Å². The van der Waals surface area contributed by atoms with Gasteiger partial charge in [0.05, 0.1) is 0 Å². The molecule has 0 spiro atoms. The lowest BCUT2D eigenvalue weighted by Gasteiger charge is -2.26. The number of hydrogen-bond acceptors (Lipinski definition) is 3. The third-order valence-electron chi connectivity index (χ3n) is 3.31. The number of piperazine rings is 1. The normalized spacial score (nSPS) is 16.3. The second-order valence-corrected chi connectivity index (χ2v) is 4.85. The summed E-state index contributed by atoms with van der Waals surface area (Å²) in [6.45, 7) is 6.41. The van der Waals surface area contributed by atoms with Crippen molar-refractivity contribution in [2.75, 3.05) is 38.0 Å². The molecule has 1 aromatic carbocycles. The summed E-state index contributed by atoms with van der Waals surface area (Å²) >= 11 is 0. The minimum atomic E-state index is -0.251.